The average molecular weight is 376 g/mol. The van der Waals surface area contributed by atoms with Gasteiger partial charge in [0.05, 0.1) is 25.1 Å². The van der Waals surface area contributed by atoms with Crippen LogP contribution in [0.2, 0.25) is 0 Å². The molecular weight excluding hydrogens is 352 g/mol. The van der Waals surface area contributed by atoms with Gasteiger partial charge in [0.15, 0.2) is 5.69 Å². The Hall–Kier alpha value is -2.99. The van der Waals surface area contributed by atoms with E-state index in [4.69, 9.17) is 4.74 Å². The van der Waals surface area contributed by atoms with Crippen molar-refractivity contribution in [3.8, 4) is 5.69 Å². The maximum atomic E-state index is 12.9. The maximum Gasteiger partial charge on any atom is 0.276 e. The van der Waals surface area contributed by atoms with Crippen LogP contribution in [0.25, 0.3) is 5.69 Å². The van der Waals surface area contributed by atoms with Gasteiger partial charge in [0.25, 0.3) is 5.91 Å². The van der Waals surface area contributed by atoms with Crippen molar-refractivity contribution < 1.29 is 9.53 Å². The van der Waals surface area contributed by atoms with Crippen LogP contribution in [-0.4, -0.2) is 45.5 Å². The van der Waals surface area contributed by atoms with Crippen LogP contribution in [0.4, 0.5) is 0 Å². The van der Waals surface area contributed by atoms with Gasteiger partial charge in [-0.1, -0.05) is 48.5 Å². The van der Waals surface area contributed by atoms with E-state index in [9.17, 15) is 4.79 Å². The summed E-state index contributed by atoms with van der Waals surface area (Å²) in [5.74, 6) is 0.292. The zero-order valence-corrected chi connectivity index (χ0v) is 15.8. The zero-order chi connectivity index (χ0) is 19.2. The molecule has 1 aliphatic heterocycles. The topological polar surface area (TPSA) is 60.2 Å². The Labute approximate surface area is 164 Å². The lowest BCUT2D eigenvalue weighted by Gasteiger charge is -2.32. The van der Waals surface area contributed by atoms with Crippen LogP contribution in [0.3, 0.4) is 0 Å². The number of para-hydroxylation sites is 1. The van der Waals surface area contributed by atoms with Gasteiger partial charge in [-0.25, -0.2) is 0 Å². The van der Waals surface area contributed by atoms with Gasteiger partial charge in [-0.3, -0.25) is 4.79 Å². The monoisotopic (exact) mass is 376 g/mol. The van der Waals surface area contributed by atoms with E-state index >= 15 is 0 Å². The van der Waals surface area contributed by atoms with Gasteiger partial charge in [0.2, 0.25) is 0 Å². The smallest absolute Gasteiger partial charge is 0.276 e. The van der Waals surface area contributed by atoms with Crippen molar-refractivity contribution in [1.29, 1.82) is 0 Å². The first-order valence-corrected chi connectivity index (χ1v) is 9.68. The van der Waals surface area contributed by atoms with E-state index in [0.717, 1.165) is 25.1 Å². The molecule has 6 heteroatoms. The zero-order valence-electron chi connectivity index (χ0n) is 15.8. The van der Waals surface area contributed by atoms with Crippen LogP contribution in [0.1, 0.15) is 28.9 Å². The minimum atomic E-state index is -0.0602. The highest BCUT2D eigenvalue weighted by atomic mass is 16.5. The molecule has 4 rings (SSSR count). The van der Waals surface area contributed by atoms with E-state index in [1.54, 1.807) is 6.20 Å². The van der Waals surface area contributed by atoms with Crippen LogP contribution in [0.5, 0.6) is 0 Å². The number of ether oxygens (including phenoxy) is 1. The van der Waals surface area contributed by atoms with E-state index in [1.807, 2.05) is 53.4 Å². The van der Waals surface area contributed by atoms with Gasteiger partial charge in [-0.05, 0) is 36.5 Å². The molecule has 0 bridgehead atoms. The highest BCUT2D eigenvalue weighted by Gasteiger charge is 2.26. The van der Waals surface area contributed by atoms with E-state index < -0.39 is 0 Å². The summed E-state index contributed by atoms with van der Waals surface area (Å²) in [6.45, 7) is 2.73. The summed E-state index contributed by atoms with van der Waals surface area (Å²) in [6.07, 6.45) is 3.61. The molecule has 6 nitrogen and oxygen atoms in total. The number of carbonyl (C=O) groups excluding carboxylic acids is 1. The highest BCUT2D eigenvalue weighted by molar-refractivity contribution is 5.92. The molecule has 2 aromatic carbocycles. The molecule has 1 atom stereocenters. The average Bonchev–Trinajstić information content (AvgIpc) is 3.25. The van der Waals surface area contributed by atoms with Crippen molar-refractivity contribution in [1.82, 2.24) is 19.9 Å². The first-order chi connectivity index (χ1) is 13.8. The fourth-order valence-corrected chi connectivity index (χ4v) is 3.51. The Kier molecular flexibility index (Phi) is 5.77. The minimum Gasteiger partial charge on any atom is -0.376 e. The van der Waals surface area contributed by atoms with Crippen molar-refractivity contribution in [3.05, 3.63) is 78.1 Å². The molecule has 0 spiro atoms. The predicted molar refractivity (Wildman–Crippen MR) is 106 cm³/mol. The molecule has 2 heterocycles. The summed E-state index contributed by atoms with van der Waals surface area (Å²) in [5, 5.41) is 8.60. The third-order valence-corrected chi connectivity index (χ3v) is 4.97. The van der Waals surface area contributed by atoms with Crippen LogP contribution in [0, 0.1) is 5.92 Å². The first-order valence-electron chi connectivity index (χ1n) is 9.68. The molecule has 28 heavy (non-hydrogen) atoms. The van der Waals surface area contributed by atoms with Crippen molar-refractivity contribution in [2.75, 3.05) is 19.7 Å². The van der Waals surface area contributed by atoms with Gasteiger partial charge in [0, 0.05) is 13.1 Å². The van der Waals surface area contributed by atoms with E-state index in [-0.39, 0.29) is 5.91 Å². The molecule has 1 aromatic heterocycles. The number of likely N-dealkylation sites (tertiary alicyclic amines) is 1. The van der Waals surface area contributed by atoms with Crippen molar-refractivity contribution in [2.45, 2.75) is 19.4 Å². The van der Waals surface area contributed by atoms with Crippen molar-refractivity contribution in [3.63, 3.8) is 0 Å². The van der Waals surface area contributed by atoms with Gasteiger partial charge < -0.3 is 9.64 Å². The van der Waals surface area contributed by atoms with Crippen LogP contribution in [0.15, 0.2) is 66.9 Å². The molecule has 0 saturated carbocycles. The first kappa shape index (κ1) is 18.4. The number of piperidine rings is 1. The summed E-state index contributed by atoms with van der Waals surface area (Å²) in [5.41, 5.74) is 2.39. The predicted octanol–water partition coefficient (Wildman–Crippen LogP) is 3.34. The number of rotatable bonds is 6. The molecule has 0 radical (unpaired) electrons. The molecule has 1 amide bonds. The Balaban J connectivity index is 1.32. The molecule has 3 aromatic rings. The van der Waals surface area contributed by atoms with Crippen molar-refractivity contribution >= 4 is 5.91 Å². The third-order valence-electron chi connectivity index (χ3n) is 4.97. The van der Waals surface area contributed by atoms with E-state index in [0.29, 0.717) is 31.4 Å². The number of benzene rings is 2. The molecule has 1 aliphatic rings. The molecule has 0 unspecified atom stereocenters. The Morgan fingerprint density at radius 3 is 2.61 bits per heavy atom. The minimum absolute atomic E-state index is 0.0602. The largest absolute Gasteiger partial charge is 0.376 e. The molecule has 0 N–H and O–H groups in total. The fraction of sp³-hybridized carbons (Fsp3) is 0.318. The molecule has 144 valence electrons. The maximum absolute atomic E-state index is 12.9. The molecule has 1 fully saturated rings. The van der Waals surface area contributed by atoms with Gasteiger partial charge >= 0.3 is 0 Å². The number of hydrogen-bond acceptors (Lipinski definition) is 4. The number of carbonyl (C=O) groups is 1. The summed E-state index contributed by atoms with van der Waals surface area (Å²) < 4.78 is 5.88. The third kappa shape index (κ3) is 4.46. The fourth-order valence-electron chi connectivity index (χ4n) is 3.51. The van der Waals surface area contributed by atoms with Crippen molar-refractivity contribution in [2.24, 2.45) is 5.92 Å². The van der Waals surface area contributed by atoms with E-state index in [2.05, 4.69) is 22.3 Å². The van der Waals surface area contributed by atoms with Gasteiger partial charge in [-0.2, -0.15) is 9.90 Å². The van der Waals surface area contributed by atoms with Gasteiger partial charge in [0.1, 0.15) is 0 Å². The molecular formula is C22H24N4O2. The summed E-state index contributed by atoms with van der Waals surface area (Å²) >= 11 is 0. The standard InChI is InChI=1S/C22H24N4O2/c27-22(21-14-23-26(24-21)20-11-5-2-6-12-20)25-13-7-10-19(15-25)17-28-16-18-8-3-1-4-9-18/h1-6,8-9,11-12,14,19H,7,10,13,15-17H2/t19-/m0/s1. The number of nitrogens with zero attached hydrogens (tertiary/aromatic N) is 4. The lowest BCUT2D eigenvalue weighted by molar-refractivity contribution is 0.0422. The summed E-state index contributed by atoms with van der Waals surface area (Å²) in [6, 6.07) is 19.8. The van der Waals surface area contributed by atoms with Crippen LogP contribution in [-0.2, 0) is 11.3 Å². The SMILES string of the molecule is O=C(c1cnn(-c2ccccc2)n1)N1CCC[C@H](COCc2ccccc2)C1. The molecule has 0 aliphatic carbocycles. The van der Waals surface area contributed by atoms with Crippen LogP contribution >= 0.6 is 0 Å². The second-order valence-corrected chi connectivity index (χ2v) is 7.11. The quantitative estimate of drug-likeness (QED) is 0.662. The Morgan fingerprint density at radius 2 is 1.82 bits per heavy atom. The number of hydrogen-bond donors (Lipinski definition) is 0. The number of amides is 1. The van der Waals surface area contributed by atoms with Gasteiger partial charge in [-0.15, -0.1) is 5.10 Å². The molecule has 1 saturated heterocycles. The second kappa shape index (κ2) is 8.80. The normalized spacial score (nSPS) is 16.9. The second-order valence-electron chi connectivity index (χ2n) is 7.11. The lowest BCUT2D eigenvalue weighted by Crippen LogP contribution is -2.41. The summed E-state index contributed by atoms with van der Waals surface area (Å²) in [4.78, 5) is 16.2. The highest BCUT2D eigenvalue weighted by Crippen LogP contribution is 2.19. The lowest BCUT2D eigenvalue weighted by atomic mass is 9.98. The Morgan fingerprint density at radius 1 is 1.07 bits per heavy atom. The van der Waals surface area contributed by atoms with Crippen LogP contribution < -0.4 is 0 Å². The Bertz CT molecular complexity index is 895. The number of aromatic nitrogens is 3. The summed E-state index contributed by atoms with van der Waals surface area (Å²) in [7, 11) is 0. The van der Waals surface area contributed by atoms with E-state index in [1.165, 1.54) is 10.4 Å².